The second-order valence-corrected chi connectivity index (χ2v) is 7.99. The number of aryl methyl sites for hydroxylation is 1. The smallest absolute Gasteiger partial charge is 0.325 e. The fourth-order valence-corrected chi connectivity index (χ4v) is 5.20. The van der Waals surface area contributed by atoms with E-state index in [4.69, 9.17) is 5.11 Å². The number of carboxylic acids is 1. The lowest BCUT2D eigenvalue weighted by Gasteiger charge is -2.11. The summed E-state index contributed by atoms with van der Waals surface area (Å²) >= 11 is 1.83. The van der Waals surface area contributed by atoms with Gasteiger partial charge >= 0.3 is 5.97 Å². The van der Waals surface area contributed by atoms with Gasteiger partial charge in [-0.1, -0.05) is 0 Å². The van der Waals surface area contributed by atoms with Gasteiger partial charge in [-0.2, -0.15) is 16.9 Å². The Balaban J connectivity index is 2.18. The normalized spacial score (nSPS) is 19.0. The number of sulfonamides is 1. The molecule has 0 bridgehead atoms. The topological polar surface area (TPSA) is 101 Å². The zero-order chi connectivity index (χ0) is 15.6. The van der Waals surface area contributed by atoms with Crippen molar-refractivity contribution in [2.45, 2.75) is 31.7 Å². The number of nitrogens with zero attached hydrogens (tertiary/aromatic N) is 2. The van der Waals surface area contributed by atoms with Gasteiger partial charge in [-0.3, -0.25) is 9.48 Å². The van der Waals surface area contributed by atoms with Crippen molar-refractivity contribution in [1.29, 1.82) is 0 Å². The zero-order valence-electron chi connectivity index (χ0n) is 12.0. The Bertz CT molecular complexity index is 633. The molecule has 9 heteroatoms. The predicted octanol–water partition coefficient (Wildman–Crippen LogP) is 0.616. The molecule has 118 valence electrons. The summed E-state index contributed by atoms with van der Waals surface area (Å²) in [5.74, 6) is 1.35. The van der Waals surface area contributed by atoms with Gasteiger partial charge in [0.05, 0.1) is 11.4 Å². The summed E-state index contributed by atoms with van der Waals surface area (Å²) < 4.78 is 28.7. The molecule has 2 heterocycles. The molecule has 0 aromatic carbocycles. The number of aromatic nitrogens is 2. The standard InChI is InChI=1S/C12H19N3O4S2/c1-8-12(9(2)15(14-8)6-11(16)17)21(18,19)13-5-10-3-4-20-7-10/h10,13H,3-7H2,1-2H3,(H,16,17). The van der Waals surface area contributed by atoms with Gasteiger partial charge in [0.15, 0.2) is 0 Å². The van der Waals surface area contributed by atoms with Crippen LogP contribution in [0.2, 0.25) is 0 Å². The van der Waals surface area contributed by atoms with Crippen LogP contribution in [0, 0.1) is 19.8 Å². The molecule has 1 aromatic rings. The van der Waals surface area contributed by atoms with Crippen LogP contribution in [0.4, 0.5) is 0 Å². The molecule has 1 atom stereocenters. The highest BCUT2D eigenvalue weighted by atomic mass is 32.2. The highest BCUT2D eigenvalue weighted by Crippen LogP contribution is 2.24. The molecule has 0 radical (unpaired) electrons. The highest BCUT2D eigenvalue weighted by Gasteiger charge is 2.26. The molecule has 7 nitrogen and oxygen atoms in total. The molecule has 1 unspecified atom stereocenters. The minimum absolute atomic E-state index is 0.0920. The van der Waals surface area contributed by atoms with Gasteiger partial charge in [-0.15, -0.1) is 0 Å². The van der Waals surface area contributed by atoms with E-state index < -0.39 is 16.0 Å². The Morgan fingerprint density at radius 1 is 1.52 bits per heavy atom. The van der Waals surface area contributed by atoms with E-state index >= 15 is 0 Å². The number of thioether (sulfide) groups is 1. The van der Waals surface area contributed by atoms with Gasteiger partial charge in [-0.05, 0) is 37.7 Å². The van der Waals surface area contributed by atoms with E-state index in [0.29, 0.717) is 23.9 Å². The third-order valence-corrected chi connectivity index (χ3v) is 6.36. The predicted molar refractivity (Wildman–Crippen MR) is 80.0 cm³/mol. The Morgan fingerprint density at radius 2 is 2.24 bits per heavy atom. The van der Waals surface area contributed by atoms with E-state index in [-0.39, 0.29) is 11.4 Å². The first-order valence-corrected chi connectivity index (χ1v) is 9.28. The number of hydrogen-bond acceptors (Lipinski definition) is 5. The van der Waals surface area contributed by atoms with Gasteiger partial charge in [0, 0.05) is 6.54 Å². The van der Waals surface area contributed by atoms with Crippen LogP contribution in [-0.2, 0) is 21.4 Å². The first-order chi connectivity index (χ1) is 9.81. The van der Waals surface area contributed by atoms with Crippen LogP contribution >= 0.6 is 11.8 Å². The fraction of sp³-hybridized carbons (Fsp3) is 0.667. The summed E-state index contributed by atoms with van der Waals surface area (Å²) in [5.41, 5.74) is 0.672. The van der Waals surface area contributed by atoms with Gasteiger partial charge in [-0.25, -0.2) is 13.1 Å². The first-order valence-electron chi connectivity index (χ1n) is 6.64. The highest BCUT2D eigenvalue weighted by molar-refractivity contribution is 7.99. The maximum atomic E-state index is 12.4. The van der Waals surface area contributed by atoms with E-state index in [0.717, 1.165) is 17.9 Å². The second kappa shape index (κ2) is 6.37. The van der Waals surface area contributed by atoms with E-state index in [1.54, 1.807) is 13.8 Å². The molecule has 1 aliphatic rings. The van der Waals surface area contributed by atoms with Crippen molar-refractivity contribution >= 4 is 27.8 Å². The summed E-state index contributed by atoms with van der Waals surface area (Å²) in [7, 11) is -3.66. The van der Waals surface area contributed by atoms with Crippen LogP contribution in [0.3, 0.4) is 0 Å². The molecule has 21 heavy (non-hydrogen) atoms. The summed E-state index contributed by atoms with van der Waals surface area (Å²) in [6, 6.07) is 0. The van der Waals surface area contributed by atoms with Crippen molar-refractivity contribution in [1.82, 2.24) is 14.5 Å². The molecule has 1 aliphatic heterocycles. The molecule has 2 N–H and O–H groups in total. The van der Waals surface area contributed by atoms with Gasteiger partial charge in [0.25, 0.3) is 0 Å². The van der Waals surface area contributed by atoms with E-state index in [9.17, 15) is 13.2 Å². The van der Waals surface area contributed by atoms with Crippen LogP contribution in [0.5, 0.6) is 0 Å². The molecule has 1 saturated heterocycles. The number of carboxylic acid groups (broad SMARTS) is 1. The summed E-state index contributed by atoms with van der Waals surface area (Å²) in [4.78, 5) is 10.9. The molecule has 0 aliphatic carbocycles. The van der Waals surface area contributed by atoms with Crippen molar-refractivity contribution < 1.29 is 18.3 Å². The Morgan fingerprint density at radius 3 is 2.81 bits per heavy atom. The lowest BCUT2D eigenvalue weighted by molar-refractivity contribution is -0.137. The van der Waals surface area contributed by atoms with Crippen LogP contribution < -0.4 is 4.72 Å². The maximum Gasteiger partial charge on any atom is 0.325 e. The van der Waals surface area contributed by atoms with Crippen LogP contribution in [0.15, 0.2) is 4.90 Å². The lowest BCUT2D eigenvalue weighted by atomic mass is 10.1. The summed E-state index contributed by atoms with van der Waals surface area (Å²) in [6.07, 6.45) is 1.02. The van der Waals surface area contributed by atoms with E-state index in [2.05, 4.69) is 9.82 Å². The number of hydrogen-bond donors (Lipinski definition) is 2. The van der Waals surface area contributed by atoms with Gasteiger partial charge in [0.1, 0.15) is 11.4 Å². The summed E-state index contributed by atoms with van der Waals surface area (Å²) in [5, 5.41) is 12.8. The Hall–Kier alpha value is -1.06. The third kappa shape index (κ3) is 3.78. The van der Waals surface area contributed by atoms with E-state index in [1.807, 2.05) is 11.8 Å². The van der Waals surface area contributed by atoms with Crippen molar-refractivity contribution in [3.05, 3.63) is 11.4 Å². The van der Waals surface area contributed by atoms with Gasteiger partial charge < -0.3 is 5.11 Å². The molecule has 1 fully saturated rings. The molecular formula is C12H19N3O4S2. The van der Waals surface area contributed by atoms with Gasteiger partial charge in [0.2, 0.25) is 10.0 Å². The van der Waals surface area contributed by atoms with Crippen LogP contribution in [-0.4, -0.2) is 47.3 Å². The quantitative estimate of drug-likeness (QED) is 0.791. The van der Waals surface area contributed by atoms with Crippen molar-refractivity contribution in [2.75, 3.05) is 18.1 Å². The Kier molecular flexibility index (Phi) is 4.95. The number of rotatable bonds is 6. The van der Waals surface area contributed by atoms with Crippen molar-refractivity contribution in [3.63, 3.8) is 0 Å². The van der Waals surface area contributed by atoms with E-state index in [1.165, 1.54) is 4.68 Å². The maximum absolute atomic E-state index is 12.4. The minimum Gasteiger partial charge on any atom is -0.480 e. The molecule has 0 saturated carbocycles. The van der Waals surface area contributed by atoms with Crippen LogP contribution in [0.25, 0.3) is 0 Å². The number of carbonyl (C=O) groups is 1. The Labute approximate surface area is 128 Å². The average molecular weight is 333 g/mol. The monoisotopic (exact) mass is 333 g/mol. The second-order valence-electron chi connectivity index (χ2n) is 5.13. The number of nitrogens with one attached hydrogen (secondary N) is 1. The lowest BCUT2D eigenvalue weighted by Crippen LogP contribution is -2.30. The molecule has 0 amide bonds. The molecular weight excluding hydrogens is 314 g/mol. The molecule has 2 rings (SSSR count). The fourth-order valence-electron chi connectivity index (χ4n) is 2.40. The first kappa shape index (κ1) is 16.3. The van der Waals surface area contributed by atoms with Crippen molar-refractivity contribution in [3.8, 4) is 0 Å². The third-order valence-electron chi connectivity index (χ3n) is 3.45. The average Bonchev–Trinajstić information content (AvgIpc) is 2.96. The van der Waals surface area contributed by atoms with Crippen LogP contribution in [0.1, 0.15) is 17.8 Å². The van der Waals surface area contributed by atoms with Crippen molar-refractivity contribution in [2.24, 2.45) is 5.92 Å². The molecule has 0 spiro atoms. The SMILES string of the molecule is Cc1nn(CC(=O)O)c(C)c1S(=O)(=O)NCC1CCSC1. The molecule has 1 aromatic heterocycles. The summed E-state index contributed by atoms with van der Waals surface area (Å²) in [6.45, 7) is 3.22. The number of aliphatic carboxylic acids is 1. The zero-order valence-corrected chi connectivity index (χ0v) is 13.6. The minimum atomic E-state index is -3.66. The largest absolute Gasteiger partial charge is 0.480 e.